The number of aromatic hydroxyl groups is 1. The van der Waals surface area contributed by atoms with Crippen molar-refractivity contribution in [3.63, 3.8) is 0 Å². The highest BCUT2D eigenvalue weighted by Gasteiger charge is 2.32. The summed E-state index contributed by atoms with van der Waals surface area (Å²) in [5.74, 6) is -1.64. The first-order chi connectivity index (χ1) is 11.5. The topological polar surface area (TPSA) is 95.9 Å². The van der Waals surface area contributed by atoms with Gasteiger partial charge >= 0.3 is 12.0 Å². The number of nitrogens with zero attached hydrogens (tertiary/aromatic N) is 1. The minimum absolute atomic E-state index is 0.0285. The van der Waals surface area contributed by atoms with Crippen molar-refractivity contribution in [1.29, 1.82) is 0 Å². The van der Waals surface area contributed by atoms with Gasteiger partial charge in [-0.2, -0.15) is 0 Å². The summed E-state index contributed by atoms with van der Waals surface area (Å²) in [6.45, 7) is 2.00. The minimum atomic E-state index is -1.13. The number of esters is 1. The van der Waals surface area contributed by atoms with Crippen molar-refractivity contribution < 1.29 is 24.2 Å². The third kappa shape index (κ3) is 2.88. The van der Waals surface area contributed by atoms with Crippen LogP contribution in [-0.2, 0) is 9.53 Å². The number of rotatable bonds is 3. The van der Waals surface area contributed by atoms with Gasteiger partial charge in [-0.1, -0.05) is 24.3 Å². The van der Waals surface area contributed by atoms with Gasteiger partial charge in [0.25, 0.3) is 5.91 Å². The Morgan fingerprint density at radius 2 is 1.92 bits per heavy atom. The van der Waals surface area contributed by atoms with Crippen LogP contribution in [0.2, 0.25) is 0 Å². The van der Waals surface area contributed by atoms with Gasteiger partial charge < -0.3 is 15.2 Å². The number of benzene rings is 2. The number of fused-ring (bicyclic) bond motifs is 1. The molecule has 3 amide bonds. The smallest absolute Gasteiger partial charge is 0.342 e. The molecule has 1 saturated heterocycles. The molecule has 124 valence electrons. The monoisotopic (exact) mass is 328 g/mol. The lowest BCUT2D eigenvalue weighted by Gasteiger charge is -2.18. The molecule has 7 nitrogen and oxygen atoms in total. The van der Waals surface area contributed by atoms with Crippen molar-refractivity contribution in [2.24, 2.45) is 0 Å². The Hall–Kier alpha value is -3.09. The van der Waals surface area contributed by atoms with Crippen molar-refractivity contribution >= 4 is 28.7 Å². The molecule has 0 aromatic heterocycles. The zero-order valence-electron chi connectivity index (χ0n) is 13.0. The standard InChI is InChI=1S/C17H16N2O5/c1-10(15(21)19-7-6-18-17(19)23)24-16(22)13-8-11-4-2-3-5-12(11)9-14(13)20/h2-5,8-10,20H,6-7H2,1H3,(H,18,23). The Morgan fingerprint density at radius 1 is 1.25 bits per heavy atom. The van der Waals surface area contributed by atoms with Crippen LogP contribution in [0.5, 0.6) is 5.75 Å². The van der Waals surface area contributed by atoms with Crippen molar-refractivity contribution in [3.8, 4) is 5.75 Å². The van der Waals surface area contributed by atoms with Gasteiger partial charge in [-0.05, 0) is 29.8 Å². The molecule has 0 bridgehead atoms. The van der Waals surface area contributed by atoms with E-state index >= 15 is 0 Å². The maximum absolute atomic E-state index is 12.3. The maximum atomic E-state index is 12.3. The summed E-state index contributed by atoms with van der Waals surface area (Å²) in [5.41, 5.74) is -0.0285. The van der Waals surface area contributed by atoms with Crippen LogP contribution in [-0.4, -0.2) is 47.1 Å². The van der Waals surface area contributed by atoms with Crippen molar-refractivity contribution in [1.82, 2.24) is 10.2 Å². The fourth-order valence-corrected chi connectivity index (χ4v) is 2.57. The minimum Gasteiger partial charge on any atom is -0.507 e. The van der Waals surface area contributed by atoms with Crippen LogP contribution in [0.15, 0.2) is 36.4 Å². The molecule has 1 atom stereocenters. The number of hydrogen-bond donors (Lipinski definition) is 2. The summed E-state index contributed by atoms with van der Waals surface area (Å²) in [5, 5.41) is 14.1. The summed E-state index contributed by atoms with van der Waals surface area (Å²) in [7, 11) is 0. The fourth-order valence-electron chi connectivity index (χ4n) is 2.57. The molecule has 7 heteroatoms. The number of urea groups is 1. The number of carbonyl (C=O) groups is 3. The highest BCUT2D eigenvalue weighted by molar-refractivity contribution is 6.01. The molecule has 24 heavy (non-hydrogen) atoms. The van der Waals surface area contributed by atoms with Gasteiger partial charge in [0.05, 0.1) is 0 Å². The third-order valence-corrected chi connectivity index (χ3v) is 3.84. The average molecular weight is 328 g/mol. The molecule has 0 spiro atoms. The SMILES string of the molecule is CC(OC(=O)c1cc2ccccc2cc1O)C(=O)N1CCNC1=O. The van der Waals surface area contributed by atoms with E-state index in [1.54, 1.807) is 6.07 Å². The van der Waals surface area contributed by atoms with Crippen LogP contribution >= 0.6 is 0 Å². The van der Waals surface area contributed by atoms with Crippen molar-refractivity contribution in [2.75, 3.05) is 13.1 Å². The lowest BCUT2D eigenvalue weighted by atomic mass is 10.1. The Morgan fingerprint density at radius 3 is 2.54 bits per heavy atom. The van der Waals surface area contributed by atoms with Crippen LogP contribution in [0.3, 0.4) is 0 Å². The summed E-state index contributed by atoms with van der Waals surface area (Å²) in [6.07, 6.45) is -1.13. The number of ether oxygens (including phenoxy) is 1. The lowest BCUT2D eigenvalue weighted by molar-refractivity contribution is -0.136. The van der Waals surface area contributed by atoms with Gasteiger partial charge in [-0.3, -0.25) is 9.69 Å². The molecule has 2 aromatic carbocycles. The first kappa shape index (κ1) is 15.8. The molecule has 3 rings (SSSR count). The van der Waals surface area contributed by atoms with Gasteiger partial charge in [-0.15, -0.1) is 0 Å². The summed E-state index contributed by atoms with van der Waals surface area (Å²) >= 11 is 0. The van der Waals surface area contributed by atoms with E-state index in [9.17, 15) is 19.5 Å². The van der Waals surface area contributed by atoms with Gasteiger partial charge in [0.1, 0.15) is 11.3 Å². The predicted octanol–water partition coefficient (Wildman–Crippen LogP) is 1.64. The second kappa shape index (κ2) is 6.19. The normalized spacial score (nSPS) is 15.2. The van der Waals surface area contributed by atoms with E-state index in [0.29, 0.717) is 6.54 Å². The number of imide groups is 1. The van der Waals surface area contributed by atoms with Crippen molar-refractivity contribution in [3.05, 3.63) is 42.0 Å². The summed E-state index contributed by atoms with van der Waals surface area (Å²) in [6, 6.07) is 9.71. The number of carbonyl (C=O) groups excluding carboxylic acids is 3. The van der Waals surface area contributed by atoms with E-state index in [-0.39, 0.29) is 17.9 Å². The zero-order chi connectivity index (χ0) is 17.3. The molecule has 1 fully saturated rings. The molecule has 1 aliphatic rings. The lowest BCUT2D eigenvalue weighted by Crippen LogP contribution is -2.41. The Bertz CT molecular complexity index is 833. The van der Waals surface area contributed by atoms with Crippen molar-refractivity contribution in [2.45, 2.75) is 13.0 Å². The number of amides is 3. The van der Waals surface area contributed by atoms with E-state index in [1.807, 2.05) is 18.2 Å². The number of nitrogens with one attached hydrogen (secondary N) is 1. The van der Waals surface area contributed by atoms with Gasteiger partial charge in [0.2, 0.25) is 0 Å². The molecule has 0 aliphatic carbocycles. The summed E-state index contributed by atoms with van der Waals surface area (Å²) < 4.78 is 5.12. The molecule has 2 N–H and O–H groups in total. The van der Waals surface area contributed by atoms with Crippen LogP contribution < -0.4 is 5.32 Å². The quantitative estimate of drug-likeness (QED) is 0.835. The van der Waals surface area contributed by atoms with Gasteiger partial charge in [-0.25, -0.2) is 9.59 Å². The molecule has 1 unspecified atom stereocenters. The predicted molar refractivity (Wildman–Crippen MR) is 85.6 cm³/mol. The zero-order valence-corrected chi connectivity index (χ0v) is 13.0. The van der Waals surface area contributed by atoms with Crippen LogP contribution in [0.25, 0.3) is 10.8 Å². The molecule has 0 radical (unpaired) electrons. The molecule has 2 aromatic rings. The Balaban J connectivity index is 1.78. The average Bonchev–Trinajstić information content (AvgIpc) is 2.99. The highest BCUT2D eigenvalue weighted by atomic mass is 16.5. The van der Waals surface area contributed by atoms with Crippen LogP contribution in [0, 0.1) is 0 Å². The highest BCUT2D eigenvalue weighted by Crippen LogP contribution is 2.26. The summed E-state index contributed by atoms with van der Waals surface area (Å²) in [4.78, 5) is 36.9. The van der Waals surface area contributed by atoms with E-state index in [1.165, 1.54) is 19.1 Å². The maximum Gasteiger partial charge on any atom is 0.342 e. The second-order valence-corrected chi connectivity index (χ2v) is 5.49. The van der Waals surface area contributed by atoms with E-state index in [2.05, 4.69) is 5.32 Å². The Kier molecular flexibility index (Phi) is 4.07. The molecular weight excluding hydrogens is 312 g/mol. The molecule has 1 aliphatic heterocycles. The van der Waals surface area contributed by atoms with E-state index in [0.717, 1.165) is 15.7 Å². The number of phenols is 1. The first-order valence-electron chi connectivity index (χ1n) is 7.49. The fraction of sp³-hybridized carbons (Fsp3) is 0.235. The first-order valence-corrected chi connectivity index (χ1v) is 7.49. The Labute approximate surface area is 137 Å². The van der Waals surface area contributed by atoms with Gasteiger partial charge in [0, 0.05) is 13.1 Å². The molecule has 0 saturated carbocycles. The van der Waals surface area contributed by atoms with Crippen LogP contribution in [0.1, 0.15) is 17.3 Å². The second-order valence-electron chi connectivity index (χ2n) is 5.49. The van der Waals surface area contributed by atoms with Gasteiger partial charge in [0.15, 0.2) is 6.10 Å². The third-order valence-electron chi connectivity index (χ3n) is 3.84. The van der Waals surface area contributed by atoms with Crippen LogP contribution in [0.4, 0.5) is 4.79 Å². The number of hydrogen-bond acceptors (Lipinski definition) is 5. The molecule has 1 heterocycles. The van der Waals surface area contributed by atoms with E-state index in [4.69, 9.17) is 4.74 Å². The molecular formula is C17H16N2O5. The largest absolute Gasteiger partial charge is 0.507 e. The van der Waals surface area contributed by atoms with E-state index < -0.39 is 24.0 Å². The number of phenolic OH excluding ortho intramolecular Hbond substituents is 1.